The van der Waals surface area contributed by atoms with E-state index in [0.717, 1.165) is 59.4 Å². The van der Waals surface area contributed by atoms with Crippen molar-refractivity contribution >= 4 is 22.5 Å². The Labute approximate surface area is 200 Å². The third-order valence-corrected chi connectivity index (χ3v) is 9.55. The van der Waals surface area contributed by atoms with Crippen LogP contribution in [0.1, 0.15) is 71.6 Å². The summed E-state index contributed by atoms with van der Waals surface area (Å²) in [6.07, 6.45) is 2.93. The van der Waals surface area contributed by atoms with Gasteiger partial charge in [0.15, 0.2) is 6.10 Å². The van der Waals surface area contributed by atoms with E-state index in [1.54, 1.807) is 0 Å². The summed E-state index contributed by atoms with van der Waals surface area (Å²) in [6, 6.07) is 10.9. The average Bonchev–Trinajstić information content (AvgIpc) is 3.37. The van der Waals surface area contributed by atoms with Crippen molar-refractivity contribution < 1.29 is 9.53 Å². The second-order valence-electron chi connectivity index (χ2n) is 10.8. The van der Waals surface area contributed by atoms with Gasteiger partial charge in [0, 0.05) is 28.0 Å². The molecule has 5 nitrogen and oxygen atoms in total. The van der Waals surface area contributed by atoms with Gasteiger partial charge in [0.05, 0.1) is 27.9 Å². The van der Waals surface area contributed by atoms with Gasteiger partial charge in [0.25, 0.3) is 5.91 Å². The van der Waals surface area contributed by atoms with Crippen LogP contribution in [-0.4, -0.2) is 35.4 Å². The van der Waals surface area contributed by atoms with E-state index in [2.05, 4.69) is 43.2 Å². The number of aromatic nitrogens is 1. The Balaban J connectivity index is 0.000000977. The fraction of sp³-hybridized carbons (Fsp3) is 0.448. The highest BCUT2D eigenvalue weighted by atomic mass is 16.5. The number of amides is 1. The molecule has 1 amide bonds. The molecule has 1 N–H and O–H groups in total. The molecule has 4 heterocycles. The first kappa shape index (κ1) is 20.5. The number of carbonyl (C=O) groups is 1. The van der Waals surface area contributed by atoms with Crippen molar-refractivity contribution in [3.05, 3.63) is 63.8 Å². The molecule has 5 heteroatoms. The molecule has 8 rings (SSSR count). The molecule has 5 aliphatic rings. The van der Waals surface area contributed by atoms with Crippen LogP contribution in [0.4, 0.5) is 5.69 Å². The summed E-state index contributed by atoms with van der Waals surface area (Å²) in [5.74, 6) is 1.08. The van der Waals surface area contributed by atoms with Crippen LogP contribution in [0.15, 0.2) is 30.3 Å². The van der Waals surface area contributed by atoms with Crippen molar-refractivity contribution in [2.75, 3.05) is 18.9 Å². The van der Waals surface area contributed by atoms with Crippen LogP contribution >= 0.6 is 0 Å². The van der Waals surface area contributed by atoms with Crippen molar-refractivity contribution in [2.24, 2.45) is 5.41 Å². The molecule has 1 fully saturated rings. The summed E-state index contributed by atoms with van der Waals surface area (Å²) in [7, 11) is 2.28. The number of likely N-dealkylation sites (N-methyl/N-ethyl adjacent to an activating group) is 1. The number of benzene rings is 2. The van der Waals surface area contributed by atoms with E-state index in [1.165, 1.54) is 22.3 Å². The lowest BCUT2D eigenvalue weighted by Crippen LogP contribution is -2.68. The molecule has 0 unspecified atom stereocenters. The van der Waals surface area contributed by atoms with Gasteiger partial charge < -0.3 is 15.0 Å². The highest BCUT2D eigenvalue weighted by Crippen LogP contribution is 2.71. The highest BCUT2D eigenvalue weighted by molar-refractivity contribution is 6.24. The number of hydrogen-bond donors (Lipinski definition) is 1. The largest absolute Gasteiger partial charge is 0.483 e. The number of carbonyl (C=O) groups excluding carboxylic acids is 1. The van der Waals surface area contributed by atoms with Gasteiger partial charge >= 0.3 is 0 Å². The minimum Gasteiger partial charge on any atom is -0.483 e. The van der Waals surface area contributed by atoms with Gasteiger partial charge in [0.2, 0.25) is 0 Å². The topological polar surface area (TPSA) is 54.5 Å². The lowest BCUT2D eigenvalue weighted by Gasteiger charge is -2.64. The molecule has 1 spiro atoms. The number of hydrogen-bond acceptors (Lipinski definition) is 4. The number of nitrogens with zero attached hydrogens (tertiary/aromatic N) is 2. The molecular formula is C29H31N3O2. The standard InChI is InChI=1S/C27H25N3O2.C2H6/c1-13-7-8-14-11-18-26(2)12-16-21-19-15(25(31)29-21)5-4-6-17(19)28-22(16)24-27(26,9-10-30(18)3)20(14)23(13)32-24;1-2/h4-8,18,24H,9-12H2,1-3H3,(H,29,31);1-2H3/t18-,24+,26+,27+;/m1./s1. The van der Waals surface area contributed by atoms with E-state index >= 15 is 0 Å². The quantitative estimate of drug-likeness (QED) is 0.500. The SMILES string of the molecule is CC.Cc1ccc2c3c1O[C@H]1c4nc5cccc6c5c(c4C[C@@]4(C)[C@@H](C2)N(C)CC[C@]314)NC6=O. The number of ether oxygens (including phenoxy) is 1. The van der Waals surface area contributed by atoms with E-state index < -0.39 is 0 Å². The summed E-state index contributed by atoms with van der Waals surface area (Å²) < 4.78 is 6.93. The third-order valence-electron chi connectivity index (χ3n) is 9.55. The first-order valence-electron chi connectivity index (χ1n) is 12.7. The Kier molecular flexibility index (Phi) is 3.85. The number of aryl methyl sites for hydroxylation is 1. The van der Waals surface area contributed by atoms with Crippen molar-refractivity contribution in [2.45, 2.75) is 64.5 Å². The summed E-state index contributed by atoms with van der Waals surface area (Å²) >= 11 is 0. The monoisotopic (exact) mass is 453 g/mol. The zero-order valence-electron chi connectivity index (χ0n) is 20.6. The Morgan fingerprint density at radius 1 is 1.21 bits per heavy atom. The lowest BCUT2D eigenvalue weighted by molar-refractivity contribution is -0.0907. The summed E-state index contributed by atoms with van der Waals surface area (Å²) in [6.45, 7) is 9.72. The van der Waals surface area contributed by atoms with Gasteiger partial charge in [-0.2, -0.15) is 0 Å². The van der Waals surface area contributed by atoms with Gasteiger partial charge in [-0.25, -0.2) is 4.98 Å². The molecule has 1 saturated heterocycles. The summed E-state index contributed by atoms with van der Waals surface area (Å²) in [5, 5.41) is 4.20. The van der Waals surface area contributed by atoms with Gasteiger partial charge in [-0.05, 0) is 63.0 Å². The number of fused-ring (bicyclic) bond motifs is 3. The molecule has 3 aromatic rings. The number of likely N-dealkylation sites (tertiary alicyclic amines) is 1. The molecule has 2 bridgehead atoms. The number of anilines is 1. The Morgan fingerprint density at radius 2 is 2.03 bits per heavy atom. The second kappa shape index (κ2) is 6.39. The van der Waals surface area contributed by atoms with E-state index in [4.69, 9.17) is 9.72 Å². The van der Waals surface area contributed by atoms with Crippen LogP contribution in [0.25, 0.3) is 10.9 Å². The number of rotatable bonds is 0. The molecule has 2 aliphatic carbocycles. The Morgan fingerprint density at radius 3 is 2.85 bits per heavy atom. The van der Waals surface area contributed by atoms with Gasteiger partial charge in [-0.15, -0.1) is 0 Å². The minimum atomic E-state index is -0.107. The predicted molar refractivity (Wildman–Crippen MR) is 134 cm³/mol. The van der Waals surface area contributed by atoms with E-state index in [9.17, 15) is 4.79 Å². The molecule has 4 atom stereocenters. The zero-order valence-corrected chi connectivity index (χ0v) is 20.6. The molecule has 34 heavy (non-hydrogen) atoms. The van der Waals surface area contributed by atoms with Crippen LogP contribution in [0.5, 0.6) is 5.75 Å². The van der Waals surface area contributed by atoms with Gasteiger partial charge in [-0.3, -0.25) is 4.79 Å². The Bertz CT molecular complexity index is 1430. The van der Waals surface area contributed by atoms with Crippen molar-refractivity contribution in [3.63, 3.8) is 0 Å². The van der Waals surface area contributed by atoms with E-state index in [-0.39, 0.29) is 22.8 Å². The highest BCUT2D eigenvalue weighted by Gasteiger charge is 2.70. The molecular weight excluding hydrogens is 422 g/mol. The molecule has 1 aromatic heterocycles. The van der Waals surface area contributed by atoms with Gasteiger partial charge in [-0.1, -0.05) is 39.0 Å². The number of nitrogens with one attached hydrogen (secondary N) is 1. The Hall–Kier alpha value is -2.92. The normalized spacial score (nSPS) is 31.3. The van der Waals surface area contributed by atoms with Crippen LogP contribution in [0.3, 0.4) is 0 Å². The van der Waals surface area contributed by atoms with E-state index in [0.29, 0.717) is 6.04 Å². The second-order valence-corrected chi connectivity index (χ2v) is 10.8. The first-order valence-corrected chi connectivity index (χ1v) is 12.7. The predicted octanol–water partition coefficient (Wildman–Crippen LogP) is 5.33. The van der Waals surface area contributed by atoms with Gasteiger partial charge in [0.1, 0.15) is 5.75 Å². The summed E-state index contributed by atoms with van der Waals surface area (Å²) in [4.78, 5) is 20.6. The van der Waals surface area contributed by atoms with Crippen molar-refractivity contribution in [3.8, 4) is 5.75 Å². The number of piperidine rings is 1. The lowest BCUT2D eigenvalue weighted by atomic mass is 9.44. The molecule has 3 aliphatic heterocycles. The smallest absolute Gasteiger partial charge is 0.256 e. The fourth-order valence-corrected chi connectivity index (χ4v) is 8.10. The maximum Gasteiger partial charge on any atom is 0.256 e. The van der Waals surface area contributed by atoms with Crippen molar-refractivity contribution in [1.29, 1.82) is 0 Å². The molecule has 2 aromatic carbocycles. The minimum absolute atomic E-state index is 0.0117. The fourth-order valence-electron chi connectivity index (χ4n) is 8.10. The third kappa shape index (κ3) is 2.04. The molecule has 0 saturated carbocycles. The average molecular weight is 454 g/mol. The molecule has 174 valence electrons. The van der Waals surface area contributed by atoms with Crippen LogP contribution < -0.4 is 10.1 Å². The van der Waals surface area contributed by atoms with E-state index in [1.807, 2.05) is 32.0 Å². The number of pyridine rings is 1. The van der Waals surface area contributed by atoms with Crippen LogP contribution in [-0.2, 0) is 18.3 Å². The molecule has 0 radical (unpaired) electrons. The maximum atomic E-state index is 12.8. The zero-order chi connectivity index (χ0) is 23.6. The van der Waals surface area contributed by atoms with Crippen LogP contribution in [0, 0.1) is 12.3 Å². The summed E-state index contributed by atoms with van der Waals surface area (Å²) in [5.41, 5.74) is 8.91. The van der Waals surface area contributed by atoms with Crippen LogP contribution in [0.2, 0.25) is 0 Å². The van der Waals surface area contributed by atoms with Crippen molar-refractivity contribution in [1.82, 2.24) is 9.88 Å². The first-order chi connectivity index (χ1) is 16.4. The maximum absolute atomic E-state index is 12.8.